The van der Waals surface area contributed by atoms with Gasteiger partial charge in [0.25, 0.3) is 5.91 Å². The highest BCUT2D eigenvalue weighted by Crippen LogP contribution is 2.39. The first-order valence-corrected chi connectivity index (χ1v) is 11.5. The fourth-order valence-corrected chi connectivity index (χ4v) is 4.32. The number of aliphatic hydroxyl groups is 1. The van der Waals surface area contributed by atoms with Gasteiger partial charge in [-0.3, -0.25) is 4.79 Å². The number of carbonyl (C=O) groups excluding carboxylic acids is 1. The summed E-state index contributed by atoms with van der Waals surface area (Å²) in [5, 5.41) is 16.3. The number of benzene rings is 1. The van der Waals surface area contributed by atoms with E-state index in [-0.39, 0.29) is 11.7 Å². The molecular weight excluding hydrogens is 441 g/mol. The van der Waals surface area contributed by atoms with Gasteiger partial charge in [0, 0.05) is 23.9 Å². The molecule has 5 rings (SSSR count). The molecule has 10 heteroatoms. The van der Waals surface area contributed by atoms with Gasteiger partial charge in [-0.05, 0) is 44.7 Å². The summed E-state index contributed by atoms with van der Waals surface area (Å²) in [6.45, 7) is 3.49. The number of ether oxygens (including phenoxy) is 2. The van der Waals surface area contributed by atoms with Crippen LogP contribution in [-0.2, 0) is 0 Å². The Morgan fingerprint density at radius 2 is 2.09 bits per heavy atom. The number of piperidine rings is 1. The van der Waals surface area contributed by atoms with E-state index >= 15 is 0 Å². The van der Waals surface area contributed by atoms with E-state index in [2.05, 4.69) is 25.6 Å². The van der Waals surface area contributed by atoms with Crippen molar-refractivity contribution in [2.24, 2.45) is 5.92 Å². The predicted molar refractivity (Wildman–Crippen MR) is 124 cm³/mol. The molecular formula is C24H28FN5O4. The summed E-state index contributed by atoms with van der Waals surface area (Å²) in [4.78, 5) is 25.2. The zero-order chi connectivity index (χ0) is 23.8. The number of halogens is 1. The number of carbonyl (C=O) groups is 1. The molecule has 0 radical (unpaired) electrons. The van der Waals surface area contributed by atoms with E-state index in [0.717, 1.165) is 12.8 Å². The van der Waals surface area contributed by atoms with E-state index in [1.165, 1.54) is 19.5 Å². The summed E-state index contributed by atoms with van der Waals surface area (Å²) in [7, 11) is 1.40. The molecule has 180 valence electrons. The Balaban J connectivity index is 1.55. The Labute approximate surface area is 196 Å². The van der Waals surface area contributed by atoms with Crippen molar-refractivity contribution in [3.63, 3.8) is 0 Å². The van der Waals surface area contributed by atoms with Crippen molar-refractivity contribution in [1.82, 2.24) is 25.6 Å². The van der Waals surface area contributed by atoms with E-state index < -0.39 is 18.0 Å². The van der Waals surface area contributed by atoms with Crippen LogP contribution in [0, 0.1) is 18.7 Å². The second-order valence-corrected chi connectivity index (χ2v) is 8.95. The molecule has 1 aliphatic carbocycles. The summed E-state index contributed by atoms with van der Waals surface area (Å²) >= 11 is 0. The molecule has 0 unspecified atom stereocenters. The van der Waals surface area contributed by atoms with Gasteiger partial charge in [0.05, 0.1) is 36.9 Å². The highest BCUT2D eigenvalue weighted by molar-refractivity contribution is 6.09. The summed E-state index contributed by atoms with van der Waals surface area (Å²) in [5.74, 6) is 0.0595. The normalized spacial score (nSPS) is 20.4. The van der Waals surface area contributed by atoms with Gasteiger partial charge in [-0.15, -0.1) is 0 Å². The third kappa shape index (κ3) is 4.30. The molecule has 4 N–H and O–H groups in total. The Morgan fingerprint density at radius 1 is 1.26 bits per heavy atom. The molecule has 34 heavy (non-hydrogen) atoms. The van der Waals surface area contributed by atoms with Crippen molar-refractivity contribution in [2.45, 2.75) is 38.3 Å². The average Bonchev–Trinajstić information content (AvgIpc) is 3.59. The molecule has 3 aromatic rings. The van der Waals surface area contributed by atoms with Crippen LogP contribution < -0.4 is 20.1 Å². The monoisotopic (exact) mass is 469 g/mol. The zero-order valence-electron chi connectivity index (χ0n) is 19.2. The molecule has 1 saturated carbocycles. The number of aromatic amines is 1. The quantitative estimate of drug-likeness (QED) is 0.419. The van der Waals surface area contributed by atoms with Crippen molar-refractivity contribution < 1.29 is 23.8 Å². The standard InChI is InChI=1S/C24H28FN5O4/c1-12-20(24(32)30-16-9-26-6-5-17(16)31)22-23(29-12)21(27-11-28-22)14-7-19(33-2)15(25)8-18(14)34-10-13-3-4-13/h7-8,11,13,16-17,26,29,31H,3-6,9-10H2,1-2H3,(H,30,32)/t16-,17+/m0/s1. The maximum absolute atomic E-state index is 14.5. The maximum Gasteiger partial charge on any atom is 0.255 e. The first kappa shape index (κ1) is 22.5. The van der Waals surface area contributed by atoms with Gasteiger partial charge in [0.15, 0.2) is 11.6 Å². The lowest BCUT2D eigenvalue weighted by Crippen LogP contribution is -2.53. The van der Waals surface area contributed by atoms with E-state index in [1.54, 1.807) is 13.0 Å². The van der Waals surface area contributed by atoms with Gasteiger partial charge in [-0.1, -0.05) is 0 Å². The fraction of sp³-hybridized carbons (Fsp3) is 0.458. The number of methoxy groups -OCH3 is 1. The number of hydrogen-bond donors (Lipinski definition) is 4. The molecule has 1 aliphatic heterocycles. The molecule has 3 heterocycles. The van der Waals surface area contributed by atoms with Crippen molar-refractivity contribution in [2.75, 3.05) is 26.8 Å². The molecule has 0 spiro atoms. The van der Waals surface area contributed by atoms with Crippen LogP contribution in [0.1, 0.15) is 35.3 Å². The van der Waals surface area contributed by atoms with E-state index in [0.29, 0.717) is 71.3 Å². The second kappa shape index (κ2) is 9.19. The van der Waals surface area contributed by atoms with Gasteiger partial charge < -0.3 is 30.2 Å². The first-order valence-electron chi connectivity index (χ1n) is 11.5. The number of fused-ring (bicyclic) bond motifs is 1. The molecule has 1 amide bonds. The van der Waals surface area contributed by atoms with Crippen LogP contribution in [-0.4, -0.2) is 64.9 Å². The number of aliphatic hydroxyl groups excluding tert-OH is 1. The highest BCUT2D eigenvalue weighted by Gasteiger charge is 2.29. The minimum Gasteiger partial charge on any atom is -0.494 e. The van der Waals surface area contributed by atoms with Gasteiger partial charge in [-0.2, -0.15) is 0 Å². The number of amides is 1. The second-order valence-electron chi connectivity index (χ2n) is 8.95. The van der Waals surface area contributed by atoms with Crippen LogP contribution in [0.5, 0.6) is 11.5 Å². The Hall–Kier alpha value is -3.24. The van der Waals surface area contributed by atoms with Gasteiger partial charge in [0.2, 0.25) is 0 Å². The number of hydrogen-bond acceptors (Lipinski definition) is 7. The maximum atomic E-state index is 14.5. The molecule has 0 bridgehead atoms. The zero-order valence-corrected chi connectivity index (χ0v) is 19.2. The molecule has 1 aromatic carbocycles. The average molecular weight is 470 g/mol. The van der Waals surface area contributed by atoms with Crippen molar-refractivity contribution >= 4 is 16.9 Å². The molecule has 1 saturated heterocycles. The highest BCUT2D eigenvalue weighted by atomic mass is 19.1. The molecule has 2 aliphatic rings. The van der Waals surface area contributed by atoms with Crippen molar-refractivity contribution in [3.05, 3.63) is 35.5 Å². The molecule has 9 nitrogen and oxygen atoms in total. The van der Waals surface area contributed by atoms with E-state index in [1.807, 2.05) is 0 Å². The number of H-pyrrole nitrogens is 1. The topological polar surface area (TPSA) is 121 Å². The number of aromatic nitrogens is 3. The molecule has 2 aromatic heterocycles. The van der Waals surface area contributed by atoms with E-state index in [9.17, 15) is 14.3 Å². The number of nitrogens with one attached hydrogen (secondary N) is 3. The first-order chi connectivity index (χ1) is 16.5. The lowest BCUT2D eigenvalue weighted by Gasteiger charge is -2.29. The summed E-state index contributed by atoms with van der Waals surface area (Å²) < 4.78 is 25.7. The van der Waals surface area contributed by atoms with Crippen LogP contribution in [0.2, 0.25) is 0 Å². The van der Waals surface area contributed by atoms with Crippen LogP contribution in [0.25, 0.3) is 22.3 Å². The minimum absolute atomic E-state index is 0.0700. The predicted octanol–water partition coefficient (Wildman–Crippen LogP) is 2.32. The number of rotatable bonds is 7. The van der Waals surface area contributed by atoms with Crippen LogP contribution in [0.15, 0.2) is 18.5 Å². The third-order valence-electron chi connectivity index (χ3n) is 6.44. The number of nitrogens with zero attached hydrogens (tertiary/aromatic N) is 2. The Kier molecular flexibility index (Phi) is 6.09. The largest absolute Gasteiger partial charge is 0.494 e. The van der Waals surface area contributed by atoms with Crippen molar-refractivity contribution in [1.29, 1.82) is 0 Å². The smallest absolute Gasteiger partial charge is 0.255 e. The Morgan fingerprint density at radius 3 is 2.82 bits per heavy atom. The summed E-state index contributed by atoms with van der Waals surface area (Å²) in [6, 6.07) is 2.47. The van der Waals surface area contributed by atoms with E-state index in [4.69, 9.17) is 9.47 Å². The lowest BCUT2D eigenvalue weighted by molar-refractivity contribution is 0.0755. The lowest BCUT2D eigenvalue weighted by atomic mass is 10.0. The molecule has 2 atom stereocenters. The van der Waals surface area contributed by atoms with Gasteiger partial charge >= 0.3 is 0 Å². The molecule has 2 fully saturated rings. The summed E-state index contributed by atoms with van der Waals surface area (Å²) in [6.07, 6.45) is 3.54. The fourth-order valence-electron chi connectivity index (χ4n) is 4.32. The van der Waals surface area contributed by atoms with Crippen molar-refractivity contribution in [3.8, 4) is 22.8 Å². The minimum atomic E-state index is -0.612. The van der Waals surface area contributed by atoms with Gasteiger partial charge in [0.1, 0.15) is 23.3 Å². The SMILES string of the molecule is COc1cc(-c2ncnc3c(C(=O)N[C@H]4CNCC[C@H]4O)c(C)[nH]c23)c(OCC2CC2)cc1F. The van der Waals surface area contributed by atoms with Crippen LogP contribution in [0.3, 0.4) is 0 Å². The van der Waals surface area contributed by atoms with Crippen LogP contribution in [0.4, 0.5) is 4.39 Å². The summed E-state index contributed by atoms with van der Waals surface area (Å²) in [5.41, 5.74) is 3.00. The third-order valence-corrected chi connectivity index (χ3v) is 6.44. The van der Waals surface area contributed by atoms with Gasteiger partial charge in [-0.25, -0.2) is 14.4 Å². The number of aryl methyl sites for hydroxylation is 1. The Bertz CT molecular complexity index is 1230. The van der Waals surface area contributed by atoms with Crippen LogP contribution >= 0.6 is 0 Å².